The van der Waals surface area contributed by atoms with Crippen molar-refractivity contribution in [2.45, 2.75) is 0 Å². The van der Waals surface area contributed by atoms with Crippen LogP contribution in [0.2, 0.25) is 0 Å². The summed E-state index contributed by atoms with van der Waals surface area (Å²) in [7, 11) is 1.68. The average molecular weight is 353 g/mol. The zero-order chi connectivity index (χ0) is 15.2. The molecule has 1 heterocycles. The van der Waals surface area contributed by atoms with Crippen LogP contribution in [-0.4, -0.2) is 36.0 Å². The number of ether oxygens (including phenoxy) is 1. The molecule has 0 aliphatic carbocycles. The Kier molecular flexibility index (Phi) is 5.27. The van der Waals surface area contributed by atoms with Crippen molar-refractivity contribution in [3.8, 4) is 5.75 Å². The van der Waals surface area contributed by atoms with Crippen molar-refractivity contribution in [2.75, 3.05) is 20.2 Å². The third kappa shape index (κ3) is 4.26. The van der Waals surface area contributed by atoms with Gasteiger partial charge in [0, 0.05) is 19.3 Å². The minimum Gasteiger partial charge on any atom is -0.492 e. The predicted molar refractivity (Wildman–Crippen MR) is 80.8 cm³/mol. The number of amides is 1. The molecule has 0 atom stereocenters. The number of nitrogens with zero attached hydrogens (tertiary/aromatic N) is 2. The maximum Gasteiger partial charge on any atom is 0.256 e. The van der Waals surface area contributed by atoms with Gasteiger partial charge < -0.3 is 9.64 Å². The molecule has 0 aliphatic rings. The Bertz CT molecular complexity index is 637. The fraction of sp³-hybridized carbons (Fsp3) is 0.200. The number of aromatic nitrogens is 1. The highest BCUT2D eigenvalue weighted by molar-refractivity contribution is 9.10. The number of halogens is 2. The third-order valence-electron chi connectivity index (χ3n) is 2.83. The van der Waals surface area contributed by atoms with Crippen molar-refractivity contribution >= 4 is 21.8 Å². The molecule has 2 aromatic rings. The van der Waals surface area contributed by atoms with E-state index in [1.165, 1.54) is 17.0 Å². The van der Waals surface area contributed by atoms with E-state index in [0.29, 0.717) is 22.5 Å². The highest BCUT2D eigenvalue weighted by Crippen LogP contribution is 2.15. The van der Waals surface area contributed by atoms with Crippen molar-refractivity contribution in [1.29, 1.82) is 0 Å². The topological polar surface area (TPSA) is 42.4 Å². The second-order valence-corrected chi connectivity index (χ2v) is 5.13. The average Bonchev–Trinajstić information content (AvgIpc) is 2.47. The van der Waals surface area contributed by atoms with E-state index in [9.17, 15) is 9.18 Å². The van der Waals surface area contributed by atoms with Crippen LogP contribution in [-0.2, 0) is 0 Å². The van der Waals surface area contributed by atoms with Gasteiger partial charge in [-0.25, -0.2) is 9.37 Å². The molecule has 0 saturated heterocycles. The molecule has 1 aromatic carbocycles. The molecule has 1 amide bonds. The van der Waals surface area contributed by atoms with Gasteiger partial charge in [0.15, 0.2) is 0 Å². The largest absolute Gasteiger partial charge is 0.492 e. The van der Waals surface area contributed by atoms with E-state index in [4.69, 9.17) is 4.74 Å². The summed E-state index contributed by atoms with van der Waals surface area (Å²) in [5.74, 6) is -0.0625. The zero-order valence-corrected chi connectivity index (χ0v) is 13.0. The number of hydrogen-bond donors (Lipinski definition) is 0. The molecular weight excluding hydrogens is 339 g/mol. The maximum atomic E-state index is 13.0. The minimum atomic E-state index is -0.351. The molecule has 0 fully saturated rings. The lowest BCUT2D eigenvalue weighted by Crippen LogP contribution is -2.31. The molecule has 0 aliphatic heterocycles. The van der Waals surface area contributed by atoms with Crippen molar-refractivity contribution in [1.82, 2.24) is 9.88 Å². The molecule has 4 nitrogen and oxygen atoms in total. The molecule has 21 heavy (non-hydrogen) atoms. The molecule has 0 spiro atoms. The van der Waals surface area contributed by atoms with Crippen LogP contribution in [0, 0.1) is 5.82 Å². The predicted octanol–water partition coefficient (Wildman–Crippen LogP) is 3.13. The van der Waals surface area contributed by atoms with Crippen LogP contribution >= 0.6 is 15.9 Å². The molecule has 0 unspecified atom stereocenters. The van der Waals surface area contributed by atoms with Gasteiger partial charge in [-0.3, -0.25) is 4.79 Å². The van der Waals surface area contributed by atoms with Gasteiger partial charge in [-0.15, -0.1) is 0 Å². The summed E-state index contributed by atoms with van der Waals surface area (Å²) in [6.45, 7) is 0.667. The standard InChI is InChI=1S/C15H14BrFN2O2/c1-19(15(20)13-6-3-7-18-14(13)16)8-9-21-12-5-2-4-11(17)10-12/h2-7,10H,8-9H2,1H3. The highest BCUT2D eigenvalue weighted by Gasteiger charge is 2.15. The van der Waals surface area contributed by atoms with Gasteiger partial charge in [0.2, 0.25) is 0 Å². The number of likely N-dealkylation sites (N-methyl/N-ethyl adjacent to an activating group) is 1. The minimum absolute atomic E-state index is 0.155. The zero-order valence-electron chi connectivity index (χ0n) is 11.4. The van der Waals surface area contributed by atoms with Crippen molar-refractivity contribution in [2.24, 2.45) is 0 Å². The van der Waals surface area contributed by atoms with Crippen LogP contribution in [0.3, 0.4) is 0 Å². The lowest BCUT2D eigenvalue weighted by molar-refractivity contribution is 0.0772. The van der Waals surface area contributed by atoms with Crippen LogP contribution in [0.15, 0.2) is 47.2 Å². The Morgan fingerprint density at radius 1 is 1.38 bits per heavy atom. The van der Waals surface area contributed by atoms with Gasteiger partial charge in [-0.2, -0.15) is 0 Å². The fourth-order valence-corrected chi connectivity index (χ4v) is 2.13. The first kappa shape index (κ1) is 15.4. The molecular formula is C15H14BrFN2O2. The molecule has 1 aromatic heterocycles. The molecule has 110 valence electrons. The smallest absolute Gasteiger partial charge is 0.256 e. The summed E-state index contributed by atoms with van der Waals surface area (Å²) < 4.78 is 18.9. The Morgan fingerprint density at radius 2 is 2.19 bits per heavy atom. The maximum absolute atomic E-state index is 13.0. The van der Waals surface area contributed by atoms with Crippen LogP contribution < -0.4 is 4.74 Å². The van der Waals surface area contributed by atoms with Crippen molar-refractivity contribution < 1.29 is 13.9 Å². The monoisotopic (exact) mass is 352 g/mol. The number of benzene rings is 1. The SMILES string of the molecule is CN(CCOc1cccc(F)c1)C(=O)c1cccnc1Br. The van der Waals surface area contributed by atoms with E-state index in [0.717, 1.165) is 0 Å². The van der Waals surface area contributed by atoms with Crippen LogP contribution in [0.4, 0.5) is 4.39 Å². The summed E-state index contributed by atoms with van der Waals surface area (Å²) in [5, 5.41) is 0. The summed E-state index contributed by atoms with van der Waals surface area (Å²) in [6.07, 6.45) is 1.61. The van der Waals surface area contributed by atoms with Gasteiger partial charge in [0.05, 0.1) is 12.1 Å². The summed E-state index contributed by atoms with van der Waals surface area (Å²) in [4.78, 5) is 17.7. The lowest BCUT2D eigenvalue weighted by Gasteiger charge is -2.18. The fourth-order valence-electron chi connectivity index (χ4n) is 1.71. The van der Waals surface area contributed by atoms with Gasteiger partial charge in [-0.05, 0) is 40.2 Å². The number of hydrogen-bond acceptors (Lipinski definition) is 3. The normalized spacial score (nSPS) is 10.2. The van der Waals surface area contributed by atoms with E-state index in [-0.39, 0.29) is 18.3 Å². The van der Waals surface area contributed by atoms with Gasteiger partial charge in [-0.1, -0.05) is 6.07 Å². The third-order valence-corrected chi connectivity index (χ3v) is 3.46. The Balaban J connectivity index is 1.89. The number of pyridine rings is 1. The lowest BCUT2D eigenvalue weighted by atomic mass is 10.2. The van der Waals surface area contributed by atoms with Crippen LogP contribution in [0.5, 0.6) is 5.75 Å². The second kappa shape index (κ2) is 7.17. The molecule has 0 saturated carbocycles. The van der Waals surface area contributed by atoms with Gasteiger partial charge >= 0.3 is 0 Å². The van der Waals surface area contributed by atoms with Crippen LogP contribution in [0.25, 0.3) is 0 Å². The van der Waals surface area contributed by atoms with E-state index >= 15 is 0 Å². The highest BCUT2D eigenvalue weighted by atomic mass is 79.9. The first-order chi connectivity index (χ1) is 10.1. The molecule has 6 heteroatoms. The Labute approximate surface area is 130 Å². The number of rotatable bonds is 5. The van der Waals surface area contributed by atoms with E-state index in [1.807, 2.05) is 0 Å². The molecule has 0 bridgehead atoms. The van der Waals surface area contributed by atoms with E-state index in [2.05, 4.69) is 20.9 Å². The quantitative estimate of drug-likeness (QED) is 0.776. The van der Waals surface area contributed by atoms with Gasteiger partial charge in [0.1, 0.15) is 22.8 Å². The summed E-state index contributed by atoms with van der Waals surface area (Å²) in [5.41, 5.74) is 0.491. The Hall–Kier alpha value is -1.95. The summed E-state index contributed by atoms with van der Waals surface area (Å²) >= 11 is 3.25. The van der Waals surface area contributed by atoms with Gasteiger partial charge in [0.25, 0.3) is 5.91 Å². The molecule has 0 N–H and O–H groups in total. The molecule has 2 rings (SSSR count). The van der Waals surface area contributed by atoms with E-state index in [1.54, 1.807) is 37.5 Å². The number of carbonyl (C=O) groups excluding carboxylic acids is 1. The first-order valence-corrected chi connectivity index (χ1v) is 7.11. The van der Waals surface area contributed by atoms with Crippen molar-refractivity contribution in [3.05, 3.63) is 58.6 Å². The van der Waals surface area contributed by atoms with E-state index < -0.39 is 0 Å². The molecule has 0 radical (unpaired) electrons. The second-order valence-electron chi connectivity index (χ2n) is 4.37. The van der Waals surface area contributed by atoms with Crippen molar-refractivity contribution in [3.63, 3.8) is 0 Å². The summed E-state index contributed by atoms with van der Waals surface area (Å²) in [6, 6.07) is 9.30. The van der Waals surface area contributed by atoms with Crippen LogP contribution in [0.1, 0.15) is 10.4 Å². The number of carbonyl (C=O) groups is 1. The Morgan fingerprint density at radius 3 is 2.90 bits per heavy atom. The first-order valence-electron chi connectivity index (χ1n) is 6.32.